The fourth-order valence-electron chi connectivity index (χ4n) is 2.33. The highest BCUT2D eigenvalue weighted by Gasteiger charge is 2.29. The van der Waals surface area contributed by atoms with Crippen molar-refractivity contribution >= 4 is 32.6 Å². The van der Waals surface area contributed by atoms with E-state index in [9.17, 15) is 4.79 Å². The zero-order chi connectivity index (χ0) is 14.1. The molecule has 6 heteroatoms. The zero-order valence-electron chi connectivity index (χ0n) is 11.5. The summed E-state index contributed by atoms with van der Waals surface area (Å²) in [7, 11) is 1.83. The molecule has 3 rings (SSSR count). The van der Waals surface area contributed by atoms with Gasteiger partial charge in [0, 0.05) is 13.6 Å². The van der Waals surface area contributed by atoms with Crippen LogP contribution in [0, 0.1) is 0 Å². The minimum absolute atomic E-state index is 0.138. The first-order valence-corrected chi connectivity index (χ1v) is 7.54. The van der Waals surface area contributed by atoms with Crippen molar-refractivity contribution in [2.45, 2.75) is 19.4 Å². The van der Waals surface area contributed by atoms with Gasteiger partial charge in [0.25, 0.3) is 0 Å². The molecular weight excluding hydrogens is 274 g/mol. The number of amides is 1. The molecule has 1 fully saturated rings. The van der Waals surface area contributed by atoms with Crippen molar-refractivity contribution < 1.29 is 9.53 Å². The predicted molar refractivity (Wildman–Crippen MR) is 80.5 cm³/mol. The van der Waals surface area contributed by atoms with Crippen molar-refractivity contribution in [1.82, 2.24) is 9.88 Å². The Hall–Kier alpha value is -1.82. The highest BCUT2D eigenvalue weighted by Crippen LogP contribution is 2.30. The Labute approximate surface area is 121 Å². The average Bonchev–Trinajstić information content (AvgIpc) is 2.97. The molecule has 1 aromatic carbocycles. The van der Waals surface area contributed by atoms with Crippen molar-refractivity contribution in [3.05, 3.63) is 18.2 Å². The van der Waals surface area contributed by atoms with Crippen molar-refractivity contribution in [3.8, 4) is 5.75 Å². The Morgan fingerprint density at radius 3 is 3.10 bits per heavy atom. The summed E-state index contributed by atoms with van der Waals surface area (Å²) in [5, 5.41) is 4.03. The van der Waals surface area contributed by atoms with Gasteiger partial charge in [-0.3, -0.25) is 4.79 Å². The number of anilines is 1. The van der Waals surface area contributed by atoms with Crippen LogP contribution in [0.15, 0.2) is 18.2 Å². The quantitative estimate of drug-likeness (QED) is 0.939. The molecule has 1 atom stereocenters. The largest absolute Gasteiger partial charge is 0.494 e. The van der Waals surface area contributed by atoms with Gasteiger partial charge in [-0.2, -0.15) is 0 Å². The molecule has 1 amide bonds. The lowest BCUT2D eigenvalue weighted by Crippen LogP contribution is -2.30. The third kappa shape index (κ3) is 2.43. The topological polar surface area (TPSA) is 54.5 Å². The number of nitrogens with zero attached hydrogens (tertiary/aromatic N) is 2. The van der Waals surface area contributed by atoms with Gasteiger partial charge < -0.3 is 15.0 Å². The van der Waals surface area contributed by atoms with Crippen LogP contribution in [-0.4, -0.2) is 42.0 Å². The number of benzene rings is 1. The minimum Gasteiger partial charge on any atom is -0.494 e. The Balaban J connectivity index is 1.80. The van der Waals surface area contributed by atoms with E-state index < -0.39 is 0 Å². The molecule has 1 unspecified atom stereocenters. The fraction of sp³-hybridized carbons (Fsp3) is 0.429. The number of aromatic nitrogens is 1. The maximum atomic E-state index is 11.9. The highest BCUT2D eigenvalue weighted by atomic mass is 32.1. The molecule has 1 N–H and O–H groups in total. The van der Waals surface area contributed by atoms with Crippen LogP contribution >= 0.6 is 11.3 Å². The molecule has 1 saturated heterocycles. The van der Waals surface area contributed by atoms with E-state index in [0.717, 1.165) is 34.1 Å². The van der Waals surface area contributed by atoms with Crippen LogP contribution in [0.5, 0.6) is 5.75 Å². The van der Waals surface area contributed by atoms with Crippen LogP contribution in [0.2, 0.25) is 0 Å². The van der Waals surface area contributed by atoms with E-state index in [1.54, 1.807) is 16.2 Å². The molecule has 0 bridgehead atoms. The molecule has 0 aliphatic carbocycles. The summed E-state index contributed by atoms with van der Waals surface area (Å²) in [6.07, 6.45) is 0.829. The minimum atomic E-state index is -0.146. The van der Waals surface area contributed by atoms with Crippen molar-refractivity contribution in [2.75, 3.05) is 25.5 Å². The molecule has 5 nitrogen and oxygen atoms in total. The Morgan fingerprint density at radius 2 is 2.40 bits per heavy atom. The predicted octanol–water partition coefficient (Wildman–Crippen LogP) is 2.34. The van der Waals surface area contributed by atoms with Crippen LogP contribution in [0.3, 0.4) is 0 Å². The number of likely N-dealkylation sites (N-methyl/N-ethyl adjacent to an activating group) is 1. The molecule has 1 aliphatic rings. The molecular formula is C14H17N3O2S. The summed E-state index contributed by atoms with van der Waals surface area (Å²) in [6, 6.07) is 5.71. The number of thiazole rings is 1. The third-order valence-corrected chi connectivity index (χ3v) is 4.35. The van der Waals surface area contributed by atoms with E-state index >= 15 is 0 Å². The summed E-state index contributed by atoms with van der Waals surface area (Å²) in [5.74, 6) is 0.992. The smallest absolute Gasteiger partial charge is 0.244 e. The Morgan fingerprint density at radius 1 is 1.55 bits per heavy atom. The lowest BCUT2D eigenvalue weighted by molar-refractivity contribution is -0.127. The second-order valence-corrected chi connectivity index (χ2v) is 5.86. The second kappa shape index (κ2) is 5.28. The maximum absolute atomic E-state index is 11.9. The standard InChI is InChI=1S/C14H17N3O2S/c1-3-19-9-4-5-10-12(8-9)20-14(15-10)16-11-6-7-17(2)13(11)18/h4-5,8,11H,3,6-7H2,1-2H3,(H,15,16). The average molecular weight is 291 g/mol. The van der Waals surface area contributed by atoms with Crippen molar-refractivity contribution in [2.24, 2.45) is 0 Å². The monoisotopic (exact) mass is 291 g/mol. The number of hydrogen-bond donors (Lipinski definition) is 1. The number of rotatable bonds is 4. The first kappa shape index (κ1) is 13.2. The first-order valence-electron chi connectivity index (χ1n) is 6.72. The van der Waals surface area contributed by atoms with E-state index in [2.05, 4.69) is 10.3 Å². The normalized spacial score (nSPS) is 18.8. The molecule has 106 valence electrons. The lowest BCUT2D eigenvalue weighted by Gasteiger charge is -2.10. The third-order valence-electron chi connectivity index (χ3n) is 3.40. The second-order valence-electron chi connectivity index (χ2n) is 4.83. The summed E-state index contributed by atoms with van der Waals surface area (Å²) in [6.45, 7) is 3.42. The summed E-state index contributed by atoms with van der Waals surface area (Å²) < 4.78 is 6.55. The number of hydrogen-bond acceptors (Lipinski definition) is 5. The van der Waals surface area contributed by atoms with E-state index in [4.69, 9.17) is 4.74 Å². The molecule has 0 spiro atoms. The van der Waals surface area contributed by atoms with E-state index in [0.29, 0.717) is 6.61 Å². The van der Waals surface area contributed by atoms with Crippen LogP contribution in [0.1, 0.15) is 13.3 Å². The highest BCUT2D eigenvalue weighted by molar-refractivity contribution is 7.22. The molecule has 2 heterocycles. The van der Waals surface area contributed by atoms with Gasteiger partial charge in [-0.25, -0.2) is 4.98 Å². The molecule has 1 aromatic heterocycles. The van der Waals surface area contributed by atoms with Crippen molar-refractivity contribution in [3.63, 3.8) is 0 Å². The number of ether oxygens (including phenoxy) is 1. The molecule has 2 aromatic rings. The molecule has 20 heavy (non-hydrogen) atoms. The van der Waals surface area contributed by atoms with Crippen LogP contribution in [-0.2, 0) is 4.79 Å². The number of fused-ring (bicyclic) bond motifs is 1. The van der Waals surface area contributed by atoms with Crippen LogP contribution in [0.4, 0.5) is 5.13 Å². The van der Waals surface area contributed by atoms with Gasteiger partial charge in [-0.15, -0.1) is 0 Å². The molecule has 0 saturated carbocycles. The van der Waals surface area contributed by atoms with E-state index in [1.807, 2.05) is 32.2 Å². The van der Waals surface area contributed by atoms with Gasteiger partial charge in [0.15, 0.2) is 5.13 Å². The van der Waals surface area contributed by atoms with Gasteiger partial charge in [-0.05, 0) is 31.5 Å². The molecule has 0 radical (unpaired) electrons. The summed E-state index contributed by atoms with van der Waals surface area (Å²) >= 11 is 1.55. The summed E-state index contributed by atoms with van der Waals surface area (Å²) in [4.78, 5) is 18.2. The summed E-state index contributed by atoms with van der Waals surface area (Å²) in [5.41, 5.74) is 0.930. The van der Waals surface area contributed by atoms with Crippen molar-refractivity contribution in [1.29, 1.82) is 0 Å². The van der Waals surface area contributed by atoms with Gasteiger partial charge in [0.05, 0.1) is 16.8 Å². The zero-order valence-corrected chi connectivity index (χ0v) is 12.4. The first-order chi connectivity index (χ1) is 9.67. The van der Waals surface area contributed by atoms with E-state index in [-0.39, 0.29) is 11.9 Å². The van der Waals surface area contributed by atoms with Crippen LogP contribution in [0.25, 0.3) is 10.2 Å². The lowest BCUT2D eigenvalue weighted by atomic mass is 10.2. The Bertz CT molecular complexity index is 640. The van der Waals surface area contributed by atoms with Gasteiger partial charge in [0.1, 0.15) is 11.8 Å². The SMILES string of the molecule is CCOc1ccc2nc(NC3CCN(C)C3=O)sc2c1. The van der Waals surface area contributed by atoms with Gasteiger partial charge in [0.2, 0.25) is 5.91 Å². The molecule has 1 aliphatic heterocycles. The number of nitrogens with one attached hydrogen (secondary N) is 1. The van der Waals surface area contributed by atoms with E-state index in [1.165, 1.54) is 0 Å². The van der Waals surface area contributed by atoms with Gasteiger partial charge >= 0.3 is 0 Å². The van der Waals surface area contributed by atoms with Crippen LogP contribution < -0.4 is 10.1 Å². The number of likely N-dealkylation sites (tertiary alicyclic amines) is 1. The Kier molecular flexibility index (Phi) is 3.48. The van der Waals surface area contributed by atoms with Gasteiger partial charge in [-0.1, -0.05) is 11.3 Å². The fourth-order valence-corrected chi connectivity index (χ4v) is 3.28. The maximum Gasteiger partial charge on any atom is 0.244 e. The number of carbonyl (C=O) groups is 1. The number of carbonyl (C=O) groups excluding carboxylic acids is 1.